The fourth-order valence-corrected chi connectivity index (χ4v) is 15.2. The van der Waals surface area contributed by atoms with E-state index < -0.39 is 22.8 Å². The molecule has 60 heavy (non-hydrogen) atoms. The normalized spacial score (nSPS) is 39.6. The lowest BCUT2D eigenvalue weighted by atomic mass is 9.33. The summed E-state index contributed by atoms with van der Waals surface area (Å²) in [7, 11) is 0. The third kappa shape index (κ3) is 6.63. The Balaban J connectivity index is 1.00. The number of amides is 2. The van der Waals surface area contributed by atoms with Crippen molar-refractivity contribution in [2.75, 3.05) is 0 Å². The van der Waals surface area contributed by atoms with Crippen LogP contribution in [0, 0.1) is 62.6 Å². The lowest BCUT2D eigenvalue weighted by molar-refractivity contribution is -0.235. The van der Waals surface area contributed by atoms with Gasteiger partial charge in [0.25, 0.3) is 0 Å². The number of ketones is 1. The number of nitrogens with one attached hydrogen (secondary N) is 2. The molecule has 8 heteroatoms. The minimum atomic E-state index is -0.998. The summed E-state index contributed by atoms with van der Waals surface area (Å²) in [5.41, 5.74) is 0.918. The van der Waals surface area contributed by atoms with Crippen molar-refractivity contribution >= 4 is 23.8 Å². The van der Waals surface area contributed by atoms with E-state index in [2.05, 4.69) is 103 Å². The Hall–Kier alpha value is -3.16. The van der Waals surface area contributed by atoms with Crippen molar-refractivity contribution in [3.8, 4) is 0 Å². The molecule has 2 amide bonds. The van der Waals surface area contributed by atoms with E-state index in [1.165, 1.54) is 11.1 Å². The van der Waals surface area contributed by atoms with Gasteiger partial charge in [0.15, 0.2) is 5.78 Å². The van der Waals surface area contributed by atoms with E-state index in [4.69, 9.17) is 9.47 Å². The van der Waals surface area contributed by atoms with Crippen LogP contribution in [0.2, 0.25) is 0 Å². The highest BCUT2D eigenvalue weighted by Gasteiger charge is 2.71. The van der Waals surface area contributed by atoms with Crippen LogP contribution >= 0.6 is 0 Å². The summed E-state index contributed by atoms with van der Waals surface area (Å²) in [6.07, 6.45) is 10.5. The van der Waals surface area contributed by atoms with Crippen LogP contribution in [0.25, 0.3) is 0 Å². The van der Waals surface area contributed by atoms with Crippen molar-refractivity contribution in [1.82, 2.24) is 10.6 Å². The van der Waals surface area contributed by atoms with Crippen molar-refractivity contribution in [2.45, 2.75) is 189 Å². The third-order valence-electron chi connectivity index (χ3n) is 19.0. The van der Waals surface area contributed by atoms with E-state index in [1.807, 2.05) is 20.8 Å². The van der Waals surface area contributed by atoms with E-state index in [0.29, 0.717) is 37.0 Å². The summed E-state index contributed by atoms with van der Waals surface area (Å²) in [5, 5.41) is 6.42. The monoisotopic (exact) mass is 825 g/mol. The number of hydrogen-bond acceptors (Lipinski definition) is 6. The lowest BCUT2D eigenvalue weighted by Gasteiger charge is -2.72. The molecule has 330 valence electrons. The zero-order valence-corrected chi connectivity index (χ0v) is 39.1. The van der Waals surface area contributed by atoms with Crippen LogP contribution in [-0.2, 0) is 30.3 Å². The van der Waals surface area contributed by atoms with Crippen LogP contribution < -0.4 is 10.6 Å². The van der Waals surface area contributed by atoms with Gasteiger partial charge in [-0.1, -0.05) is 92.6 Å². The van der Waals surface area contributed by atoms with Crippen molar-refractivity contribution < 1.29 is 28.7 Å². The van der Waals surface area contributed by atoms with Crippen molar-refractivity contribution in [3.63, 3.8) is 0 Å². The lowest BCUT2D eigenvalue weighted by Crippen LogP contribution is -2.68. The first kappa shape index (κ1) is 43.5. The summed E-state index contributed by atoms with van der Waals surface area (Å²) in [5.74, 6) is 1.58. The molecule has 0 spiro atoms. The Labute approximate surface area is 360 Å². The van der Waals surface area contributed by atoms with Crippen molar-refractivity contribution in [1.29, 1.82) is 0 Å². The van der Waals surface area contributed by atoms with Crippen LogP contribution in [0.1, 0.15) is 166 Å². The van der Waals surface area contributed by atoms with Gasteiger partial charge < -0.3 is 20.1 Å². The first-order valence-corrected chi connectivity index (χ1v) is 23.7. The number of Topliss-reactive ketones (excluding diaryl/α,β-unsaturated/α-hetero) is 1. The fraction of sp³-hybridized carbons (Fsp3) is 0.769. The summed E-state index contributed by atoms with van der Waals surface area (Å²) in [6.45, 7) is 26.7. The van der Waals surface area contributed by atoms with Crippen LogP contribution in [0.3, 0.4) is 0 Å². The molecule has 8 nitrogen and oxygen atoms in total. The second-order valence-electron chi connectivity index (χ2n) is 24.2. The molecule has 6 fully saturated rings. The number of alkyl carbamates (subject to hydrolysis) is 1. The van der Waals surface area contributed by atoms with Gasteiger partial charge in [-0.05, 0) is 166 Å². The number of rotatable bonds is 8. The number of fused-ring (bicyclic) bond motifs is 7. The molecule has 0 bridgehead atoms. The van der Waals surface area contributed by atoms with Crippen LogP contribution in [0.15, 0.2) is 41.5 Å². The molecule has 0 aromatic heterocycles. The Morgan fingerprint density at radius 2 is 1.47 bits per heavy atom. The second kappa shape index (κ2) is 14.2. The maximum atomic E-state index is 14.3. The number of carbonyl (C=O) groups excluding carboxylic acids is 4. The molecule has 1 aromatic rings. The first-order valence-electron chi connectivity index (χ1n) is 23.7. The number of carbonyl (C=O) groups is 4. The van der Waals surface area contributed by atoms with E-state index >= 15 is 0 Å². The molecule has 0 saturated heterocycles. The van der Waals surface area contributed by atoms with Gasteiger partial charge in [0, 0.05) is 11.8 Å². The number of esters is 1. The quantitative estimate of drug-likeness (QED) is 0.253. The molecule has 0 heterocycles. The molecule has 8 rings (SSSR count). The summed E-state index contributed by atoms with van der Waals surface area (Å²) < 4.78 is 12.2. The second-order valence-corrected chi connectivity index (χ2v) is 24.2. The number of allylic oxidation sites excluding steroid dienone is 1. The predicted molar refractivity (Wildman–Crippen MR) is 235 cm³/mol. The van der Waals surface area contributed by atoms with E-state index in [0.717, 1.165) is 69.8 Å². The molecule has 7 aliphatic rings. The summed E-state index contributed by atoms with van der Waals surface area (Å²) in [4.78, 5) is 55.4. The van der Waals surface area contributed by atoms with E-state index in [-0.39, 0.29) is 68.6 Å². The molecule has 10 atom stereocenters. The van der Waals surface area contributed by atoms with Gasteiger partial charge >= 0.3 is 12.1 Å². The van der Waals surface area contributed by atoms with Crippen molar-refractivity contribution in [2.24, 2.45) is 62.6 Å². The Morgan fingerprint density at radius 3 is 2.08 bits per heavy atom. The molecule has 1 aromatic carbocycles. The molecule has 7 aliphatic carbocycles. The molecular formula is C52H76N2O6. The Bertz CT molecular complexity index is 1950. The van der Waals surface area contributed by atoms with Crippen LogP contribution in [-0.4, -0.2) is 46.5 Å². The van der Waals surface area contributed by atoms with Crippen LogP contribution in [0.4, 0.5) is 4.79 Å². The highest BCUT2D eigenvalue weighted by Crippen LogP contribution is 2.76. The standard InChI is InChI=1S/C52H76N2O6/c1-31(2)40-36(55)30-52(53-43(57)51(26-27-51)54-44(58)60-45(3,4)5)25-24-49(11)34(41(40)52)18-19-38-48(10)22-21-39(47(8,9)37(48)20-23-50(38,49)12)59-42(56)35-29-33(46(35,6)7)28-32-16-14-13-15-17-32/h13-17,31,33-35,37-39H,18-30H2,1-12H3,(H,53,57)(H,54,58)/t33-,34+,35-,37-,38+,39-,48-,49+,50+,52+/m0/s1. The highest BCUT2D eigenvalue weighted by molar-refractivity contribution is 6.03. The zero-order valence-electron chi connectivity index (χ0n) is 39.1. The van der Waals surface area contributed by atoms with Gasteiger partial charge in [0.1, 0.15) is 17.2 Å². The van der Waals surface area contributed by atoms with Gasteiger partial charge in [-0.15, -0.1) is 0 Å². The maximum Gasteiger partial charge on any atom is 0.408 e. The third-order valence-corrected chi connectivity index (χ3v) is 19.0. The van der Waals surface area contributed by atoms with Gasteiger partial charge in [-0.25, -0.2) is 4.79 Å². The number of hydrogen-bond donors (Lipinski definition) is 2. The van der Waals surface area contributed by atoms with Crippen molar-refractivity contribution in [3.05, 3.63) is 47.0 Å². The zero-order chi connectivity index (χ0) is 43.6. The molecule has 2 N–H and O–H groups in total. The van der Waals surface area contributed by atoms with Gasteiger partial charge in [0.2, 0.25) is 5.91 Å². The molecule has 0 aliphatic heterocycles. The minimum absolute atomic E-state index is 0.00556. The highest BCUT2D eigenvalue weighted by atomic mass is 16.6. The summed E-state index contributed by atoms with van der Waals surface area (Å²) >= 11 is 0. The topological polar surface area (TPSA) is 111 Å². The van der Waals surface area contributed by atoms with Gasteiger partial charge in [-0.2, -0.15) is 0 Å². The molecular weight excluding hydrogens is 749 g/mol. The van der Waals surface area contributed by atoms with E-state index in [1.54, 1.807) is 0 Å². The summed E-state index contributed by atoms with van der Waals surface area (Å²) in [6, 6.07) is 10.7. The average Bonchev–Trinajstić information content (AvgIpc) is 3.86. The Morgan fingerprint density at radius 1 is 0.783 bits per heavy atom. The molecule has 0 radical (unpaired) electrons. The number of benzene rings is 1. The van der Waals surface area contributed by atoms with E-state index in [9.17, 15) is 19.2 Å². The average molecular weight is 825 g/mol. The first-order chi connectivity index (χ1) is 27.8. The molecule has 6 saturated carbocycles. The maximum absolute atomic E-state index is 14.3. The smallest absolute Gasteiger partial charge is 0.408 e. The van der Waals surface area contributed by atoms with Gasteiger partial charge in [-0.3, -0.25) is 14.4 Å². The largest absolute Gasteiger partial charge is 0.462 e. The van der Waals surface area contributed by atoms with Gasteiger partial charge in [0.05, 0.1) is 11.5 Å². The fourth-order valence-electron chi connectivity index (χ4n) is 15.2. The van der Waals surface area contributed by atoms with Crippen LogP contribution in [0.5, 0.6) is 0 Å². The Kier molecular flexibility index (Phi) is 10.3. The SMILES string of the molecule is CC(C)C1=C2[C@H]3CC[C@@H]4[C@@]5(C)CC[C@H](OC(=O)[C@@H]6C[C@H](Cc7ccccc7)C6(C)C)C(C)(C)[C@@H]5CC[C@@]4(C)[C@]3(C)CC[C@@]2(NC(=O)C2(NC(=O)OC(C)(C)C)CC2)CC1=O. The predicted octanol–water partition coefficient (Wildman–Crippen LogP) is 10.7. The number of ether oxygens (including phenoxy) is 2. The molecule has 0 unspecified atom stereocenters. The minimum Gasteiger partial charge on any atom is -0.462 e.